The Bertz CT molecular complexity index is 1260. The summed E-state index contributed by atoms with van der Waals surface area (Å²) in [4.78, 5) is 20.5. The number of carbonyl (C=O) groups is 1. The maximum absolute atomic E-state index is 13.0. The number of aryl methyl sites for hydroxylation is 1. The summed E-state index contributed by atoms with van der Waals surface area (Å²) in [7, 11) is 0. The van der Waals surface area contributed by atoms with E-state index in [1.807, 2.05) is 26.8 Å². The molecule has 0 spiro atoms. The Labute approximate surface area is 204 Å². The molecule has 1 fully saturated rings. The topological polar surface area (TPSA) is 95.3 Å². The minimum Gasteiger partial charge on any atom is -0.481 e. The third-order valence-corrected chi connectivity index (χ3v) is 7.65. The molecule has 0 saturated heterocycles. The monoisotopic (exact) mass is 505 g/mol. The molecule has 0 radical (unpaired) electrons. The predicted octanol–water partition coefficient (Wildman–Crippen LogP) is 6.37. The van der Waals surface area contributed by atoms with Gasteiger partial charge in [-0.05, 0) is 67.0 Å². The SMILES string of the molecule is Cc1cc(Nc2cccc(C(F)(F)F)n2)cc(-c2cnc([C@@]3(O)CC[C@@H](C(=O)O)C(C)(C)C3)s2)c1. The van der Waals surface area contributed by atoms with Gasteiger partial charge in [-0.1, -0.05) is 26.0 Å². The first-order valence-electron chi connectivity index (χ1n) is 11.1. The number of nitrogens with one attached hydrogen (secondary N) is 1. The number of thiazole rings is 1. The lowest BCUT2D eigenvalue weighted by atomic mass is 9.63. The molecule has 1 saturated carbocycles. The van der Waals surface area contributed by atoms with Crippen molar-refractivity contribution in [2.45, 2.75) is 51.8 Å². The lowest BCUT2D eigenvalue weighted by molar-refractivity contribution is -0.154. The number of rotatable bonds is 5. The fourth-order valence-corrected chi connectivity index (χ4v) is 5.83. The van der Waals surface area contributed by atoms with Crippen LogP contribution in [0.25, 0.3) is 10.4 Å². The van der Waals surface area contributed by atoms with E-state index in [2.05, 4.69) is 15.3 Å². The second-order valence-corrected chi connectivity index (χ2v) is 10.8. The van der Waals surface area contributed by atoms with Crippen molar-refractivity contribution in [3.8, 4) is 10.4 Å². The molecule has 1 aromatic carbocycles. The van der Waals surface area contributed by atoms with E-state index in [4.69, 9.17) is 0 Å². The van der Waals surface area contributed by atoms with Crippen LogP contribution in [0, 0.1) is 18.3 Å². The van der Waals surface area contributed by atoms with E-state index >= 15 is 0 Å². The number of alkyl halides is 3. The number of aliphatic hydroxyl groups is 1. The van der Waals surface area contributed by atoms with Gasteiger partial charge in [-0.15, -0.1) is 11.3 Å². The number of carboxylic acids is 1. The largest absolute Gasteiger partial charge is 0.481 e. The number of aliphatic carboxylic acids is 1. The van der Waals surface area contributed by atoms with Gasteiger partial charge in [-0.2, -0.15) is 13.2 Å². The van der Waals surface area contributed by atoms with Crippen molar-refractivity contribution < 1.29 is 28.2 Å². The van der Waals surface area contributed by atoms with Crippen LogP contribution in [0.3, 0.4) is 0 Å². The summed E-state index contributed by atoms with van der Waals surface area (Å²) in [5.74, 6) is -1.31. The van der Waals surface area contributed by atoms with Gasteiger partial charge >= 0.3 is 12.1 Å². The number of benzene rings is 1. The fourth-order valence-electron chi connectivity index (χ4n) is 4.81. The number of hydrogen-bond donors (Lipinski definition) is 3. The smallest absolute Gasteiger partial charge is 0.433 e. The Hall–Kier alpha value is -2.98. The zero-order valence-electron chi connectivity index (χ0n) is 19.5. The molecule has 4 rings (SSSR count). The highest BCUT2D eigenvalue weighted by atomic mass is 32.1. The van der Waals surface area contributed by atoms with Gasteiger partial charge in [0.15, 0.2) is 0 Å². The highest BCUT2D eigenvalue weighted by Gasteiger charge is 2.49. The van der Waals surface area contributed by atoms with Crippen LogP contribution in [0.1, 0.15) is 49.4 Å². The van der Waals surface area contributed by atoms with Crippen LogP contribution < -0.4 is 5.32 Å². The molecule has 186 valence electrons. The zero-order chi connectivity index (χ0) is 25.6. The molecule has 3 N–H and O–H groups in total. The number of carboxylic acid groups (broad SMARTS) is 1. The number of halogens is 3. The molecule has 2 heterocycles. The van der Waals surface area contributed by atoms with E-state index in [0.29, 0.717) is 23.5 Å². The molecule has 2 atom stereocenters. The highest BCUT2D eigenvalue weighted by molar-refractivity contribution is 7.15. The van der Waals surface area contributed by atoms with Crippen LogP contribution in [0.15, 0.2) is 42.6 Å². The van der Waals surface area contributed by atoms with E-state index in [1.165, 1.54) is 23.5 Å². The van der Waals surface area contributed by atoms with Crippen molar-refractivity contribution in [1.29, 1.82) is 0 Å². The molecular formula is C25H26F3N3O3S. The van der Waals surface area contributed by atoms with Crippen molar-refractivity contribution in [1.82, 2.24) is 9.97 Å². The molecule has 1 aliphatic rings. The molecule has 3 aromatic rings. The molecule has 1 aliphatic carbocycles. The normalized spacial score (nSPS) is 22.1. The number of anilines is 2. The van der Waals surface area contributed by atoms with Gasteiger partial charge in [0.05, 0.1) is 10.8 Å². The Morgan fingerprint density at radius 1 is 1.23 bits per heavy atom. The second-order valence-electron chi connectivity index (χ2n) is 9.77. The first kappa shape index (κ1) is 25.1. The molecular weight excluding hydrogens is 479 g/mol. The van der Waals surface area contributed by atoms with Gasteiger partial charge < -0.3 is 15.5 Å². The molecule has 0 aliphatic heterocycles. The van der Waals surface area contributed by atoms with Crippen LogP contribution in [0.2, 0.25) is 0 Å². The average molecular weight is 506 g/mol. The number of aromatic nitrogens is 2. The first-order chi connectivity index (χ1) is 16.3. The maximum atomic E-state index is 13.0. The Morgan fingerprint density at radius 2 is 1.97 bits per heavy atom. The highest BCUT2D eigenvalue weighted by Crippen LogP contribution is 2.51. The van der Waals surface area contributed by atoms with Crippen LogP contribution in [-0.2, 0) is 16.6 Å². The third-order valence-electron chi connectivity index (χ3n) is 6.41. The Balaban J connectivity index is 1.59. The lowest BCUT2D eigenvalue weighted by Gasteiger charge is -2.44. The van der Waals surface area contributed by atoms with Gasteiger partial charge in [0.25, 0.3) is 0 Å². The van der Waals surface area contributed by atoms with E-state index in [9.17, 15) is 28.2 Å². The summed E-state index contributed by atoms with van der Waals surface area (Å²) in [6.45, 7) is 5.58. The van der Waals surface area contributed by atoms with Crippen molar-refractivity contribution in [2.24, 2.45) is 11.3 Å². The van der Waals surface area contributed by atoms with Gasteiger partial charge in [0, 0.05) is 11.9 Å². The summed E-state index contributed by atoms with van der Waals surface area (Å²) in [5, 5.41) is 24.4. The minimum atomic E-state index is -4.53. The number of hydrogen-bond acceptors (Lipinski definition) is 6. The van der Waals surface area contributed by atoms with Gasteiger partial charge in [-0.3, -0.25) is 4.79 Å². The molecule has 0 bridgehead atoms. The summed E-state index contributed by atoms with van der Waals surface area (Å²) >= 11 is 1.33. The van der Waals surface area contributed by atoms with Gasteiger partial charge in [0.2, 0.25) is 0 Å². The lowest BCUT2D eigenvalue weighted by Crippen LogP contribution is -2.44. The van der Waals surface area contributed by atoms with E-state index in [1.54, 1.807) is 18.3 Å². The molecule has 0 unspecified atom stereocenters. The van der Waals surface area contributed by atoms with Crippen molar-refractivity contribution in [3.63, 3.8) is 0 Å². The summed E-state index contributed by atoms with van der Waals surface area (Å²) < 4.78 is 39.0. The van der Waals surface area contributed by atoms with Crippen molar-refractivity contribution >= 4 is 28.8 Å². The van der Waals surface area contributed by atoms with Crippen LogP contribution >= 0.6 is 11.3 Å². The molecule has 2 aromatic heterocycles. The van der Waals surface area contributed by atoms with Crippen molar-refractivity contribution in [3.05, 3.63) is 58.9 Å². The van der Waals surface area contributed by atoms with Crippen LogP contribution in [-0.4, -0.2) is 26.2 Å². The van der Waals surface area contributed by atoms with E-state index in [-0.39, 0.29) is 12.2 Å². The zero-order valence-corrected chi connectivity index (χ0v) is 20.3. The van der Waals surface area contributed by atoms with Gasteiger partial charge in [-0.25, -0.2) is 9.97 Å². The summed E-state index contributed by atoms with van der Waals surface area (Å²) in [6, 6.07) is 9.20. The number of nitrogens with zero attached hydrogens (tertiary/aromatic N) is 2. The van der Waals surface area contributed by atoms with Gasteiger partial charge in [0.1, 0.15) is 22.1 Å². The van der Waals surface area contributed by atoms with Crippen LogP contribution in [0.5, 0.6) is 0 Å². The predicted molar refractivity (Wildman–Crippen MR) is 127 cm³/mol. The molecule has 35 heavy (non-hydrogen) atoms. The van der Waals surface area contributed by atoms with Crippen LogP contribution in [0.4, 0.5) is 24.7 Å². The fraction of sp³-hybridized carbons (Fsp3) is 0.400. The second kappa shape index (κ2) is 8.91. The maximum Gasteiger partial charge on any atom is 0.433 e. The Kier molecular flexibility index (Phi) is 6.39. The molecule has 0 amide bonds. The summed E-state index contributed by atoms with van der Waals surface area (Å²) in [6.07, 6.45) is -1.92. The third kappa shape index (κ3) is 5.33. The average Bonchev–Trinajstić information content (AvgIpc) is 3.23. The molecule has 10 heteroatoms. The first-order valence-corrected chi connectivity index (χ1v) is 11.9. The standard InChI is InChI=1S/C25H26F3N3O3S/c1-14-9-15(11-16(10-14)30-20-6-4-5-19(31-20)25(26,27)28)18-12-29-22(35-18)24(34)8-7-17(21(32)33)23(2,3)13-24/h4-6,9-12,17,34H,7-8,13H2,1-3H3,(H,30,31)(H,32,33)/t17-,24+/m0/s1. The number of pyridine rings is 1. The van der Waals surface area contributed by atoms with E-state index < -0.39 is 34.8 Å². The quantitative estimate of drug-likeness (QED) is 0.373. The Morgan fingerprint density at radius 3 is 2.63 bits per heavy atom. The summed E-state index contributed by atoms with van der Waals surface area (Å²) in [5.41, 5.74) is -0.534. The molecule has 6 nitrogen and oxygen atoms in total. The van der Waals surface area contributed by atoms with E-state index in [0.717, 1.165) is 22.1 Å². The van der Waals surface area contributed by atoms with Crippen molar-refractivity contribution in [2.75, 3.05) is 5.32 Å². The minimum absolute atomic E-state index is 0.0769.